The van der Waals surface area contributed by atoms with Crippen LogP contribution in [0, 0.1) is 17.1 Å². The largest absolute Gasteiger partial charge is 0.444 e. The number of nitriles is 1. The predicted molar refractivity (Wildman–Crippen MR) is 86.4 cm³/mol. The van der Waals surface area contributed by atoms with Crippen LogP contribution in [0.15, 0.2) is 42.5 Å². The van der Waals surface area contributed by atoms with Gasteiger partial charge < -0.3 is 4.74 Å². The zero-order chi connectivity index (χ0) is 17.0. The molecule has 1 amide bonds. The molecule has 0 aliphatic carbocycles. The standard InChI is InChI=1S/C18H17FN2O2/c1-18(2,3)23-17(22)21-15-8-6-12(7-9-15)13-4-5-14(11-20)16(19)10-13/h4-10H,1-3H3,(H,21,22). The van der Waals surface area contributed by atoms with E-state index in [1.54, 1.807) is 57.2 Å². The Hall–Kier alpha value is -2.87. The summed E-state index contributed by atoms with van der Waals surface area (Å²) in [5, 5.41) is 11.4. The van der Waals surface area contributed by atoms with Gasteiger partial charge in [-0.3, -0.25) is 5.32 Å². The number of nitrogens with one attached hydrogen (secondary N) is 1. The average molecular weight is 312 g/mol. The van der Waals surface area contributed by atoms with Crippen LogP contribution in [0.4, 0.5) is 14.9 Å². The molecule has 0 fully saturated rings. The number of anilines is 1. The summed E-state index contributed by atoms with van der Waals surface area (Å²) in [5.74, 6) is -0.555. The zero-order valence-corrected chi connectivity index (χ0v) is 13.2. The second-order valence-electron chi connectivity index (χ2n) is 6.01. The van der Waals surface area contributed by atoms with Crippen molar-refractivity contribution in [1.82, 2.24) is 0 Å². The van der Waals surface area contributed by atoms with Crippen LogP contribution in [0.5, 0.6) is 0 Å². The first-order chi connectivity index (χ1) is 10.8. The molecule has 0 unspecified atom stereocenters. The first-order valence-corrected chi connectivity index (χ1v) is 7.08. The monoisotopic (exact) mass is 312 g/mol. The molecule has 0 aliphatic heterocycles. The number of nitrogens with zero attached hydrogens (tertiary/aromatic N) is 1. The minimum atomic E-state index is -0.565. The molecular weight excluding hydrogens is 295 g/mol. The van der Waals surface area contributed by atoms with Crippen molar-refractivity contribution in [3.63, 3.8) is 0 Å². The molecule has 2 aromatic carbocycles. The van der Waals surface area contributed by atoms with Gasteiger partial charge >= 0.3 is 6.09 Å². The summed E-state index contributed by atoms with van der Waals surface area (Å²) >= 11 is 0. The maximum absolute atomic E-state index is 13.6. The lowest BCUT2D eigenvalue weighted by Gasteiger charge is -2.19. The second-order valence-corrected chi connectivity index (χ2v) is 6.01. The Morgan fingerprint density at radius 2 is 1.74 bits per heavy atom. The van der Waals surface area contributed by atoms with Crippen LogP contribution in [0.3, 0.4) is 0 Å². The second kappa shape index (κ2) is 6.49. The minimum absolute atomic E-state index is 0.0111. The van der Waals surface area contributed by atoms with Gasteiger partial charge in [-0.1, -0.05) is 18.2 Å². The van der Waals surface area contributed by atoms with Gasteiger partial charge in [-0.15, -0.1) is 0 Å². The number of halogens is 1. The Morgan fingerprint density at radius 1 is 1.13 bits per heavy atom. The zero-order valence-electron chi connectivity index (χ0n) is 13.2. The van der Waals surface area contributed by atoms with Crippen molar-refractivity contribution in [1.29, 1.82) is 5.26 Å². The molecule has 1 N–H and O–H groups in total. The molecule has 118 valence electrons. The number of carbonyl (C=O) groups excluding carboxylic acids is 1. The van der Waals surface area contributed by atoms with Gasteiger partial charge in [-0.05, 0) is 56.2 Å². The van der Waals surface area contributed by atoms with Crippen molar-refractivity contribution in [2.24, 2.45) is 0 Å². The van der Waals surface area contributed by atoms with Crippen LogP contribution in [0.25, 0.3) is 11.1 Å². The van der Waals surface area contributed by atoms with E-state index in [0.29, 0.717) is 11.3 Å². The lowest BCUT2D eigenvalue weighted by molar-refractivity contribution is 0.0636. The van der Waals surface area contributed by atoms with Crippen molar-refractivity contribution in [2.45, 2.75) is 26.4 Å². The lowest BCUT2D eigenvalue weighted by Crippen LogP contribution is -2.27. The molecule has 0 bridgehead atoms. The number of carbonyl (C=O) groups is 1. The first kappa shape index (κ1) is 16.5. The molecule has 0 heterocycles. The van der Waals surface area contributed by atoms with Gasteiger partial charge in [-0.2, -0.15) is 5.26 Å². The third kappa shape index (κ3) is 4.55. The predicted octanol–water partition coefficient (Wildman–Crippen LogP) is 4.71. The number of hydrogen-bond donors (Lipinski definition) is 1. The molecule has 0 aromatic heterocycles. The van der Waals surface area contributed by atoms with Crippen molar-refractivity contribution in [3.05, 3.63) is 53.8 Å². The number of hydrogen-bond acceptors (Lipinski definition) is 3. The number of benzene rings is 2. The average Bonchev–Trinajstić information content (AvgIpc) is 2.46. The van der Waals surface area contributed by atoms with Gasteiger partial charge in [0, 0.05) is 5.69 Å². The normalized spacial score (nSPS) is 10.7. The highest BCUT2D eigenvalue weighted by atomic mass is 19.1. The molecule has 4 nitrogen and oxygen atoms in total. The van der Waals surface area contributed by atoms with Gasteiger partial charge in [0.15, 0.2) is 0 Å². The van der Waals surface area contributed by atoms with E-state index in [1.165, 1.54) is 12.1 Å². The van der Waals surface area contributed by atoms with Crippen molar-refractivity contribution < 1.29 is 13.9 Å². The maximum Gasteiger partial charge on any atom is 0.412 e. The number of rotatable bonds is 2. The molecule has 2 rings (SSSR count). The van der Waals surface area contributed by atoms with Gasteiger partial charge in [0.1, 0.15) is 17.5 Å². The van der Waals surface area contributed by atoms with E-state index in [0.717, 1.165) is 5.56 Å². The van der Waals surface area contributed by atoms with E-state index in [1.807, 2.05) is 0 Å². The van der Waals surface area contributed by atoms with Crippen LogP contribution >= 0.6 is 0 Å². The summed E-state index contributed by atoms with van der Waals surface area (Å²) in [7, 11) is 0. The molecule has 23 heavy (non-hydrogen) atoms. The summed E-state index contributed by atoms with van der Waals surface area (Å²) in [4.78, 5) is 11.7. The number of ether oxygens (including phenoxy) is 1. The smallest absolute Gasteiger partial charge is 0.412 e. The Bertz CT molecular complexity index is 756. The number of amides is 1. The van der Waals surface area contributed by atoms with E-state index in [9.17, 15) is 9.18 Å². The summed E-state index contributed by atoms with van der Waals surface area (Å²) in [5.41, 5.74) is 1.46. The highest BCUT2D eigenvalue weighted by molar-refractivity contribution is 5.85. The summed E-state index contributed by atoms with van der Waals surface area (Å²) in [6, 6.07) is 13.1. The van der Waals surface area contributed by atoms with Crippen LogP contribution in [-0.2, 0) is 4.74 Å². The fraction of sp³-hybridized carbons (Fsp3) is 0.222. The molecule has 0 aliphatic rings. The van der Waals surface area contributed by atoms with Crippen LogP contribution in [-0.4, -0.2) is 11.7 Å². The molecule has 5 heteroatoms. The van der Waals surface area contributed by atoms with E-state index < -0.39 is 17.5 Å². The molecule has 2 aromatic rings. The van der Waals surface area contributed by atoms with Crippen molar-refractivity contribution in [3.8, 4) is 17.2 Å². The van der Waals surface area contributed by atoms with Gasteiger partial charge in [0.2, 0.25) is 0 Å². The highest BCUT2D eigenvalue weighted by Gasteiger charge is 2.16. The highest BCUT2D eigenvalue weighted by Crippen LogP contribution is 2.23. The molecule has 0 spiro atoms. The SMILES string of the molecule is CC(C)(C)OC(=O)Nc1ccc(-c2ccc(C#N)c(F)c2)cc1. The fourth-order valence-corrected chi connectivity index (χ4v) is 1.95. The van der Waals surface area contributed by atoms with Crippen molar-refractivity contribution in [2.75, 3.05) is 5.32 Å². The first-order valence-electron chi connectivity index (χ1n) is 7.08. The lowest BCUT2D eigenvalue weighted by atomic mass is 10.0. The van der Waals surface area contributed by atoms with Gasteiger partial charge in [-0.25, -0.2) is 9.18 Å². The topological polar surface area (TPSA) is 62.1 Å². The maximum atomic E-state index is 13.6. The fourth-order valence-electron chi connectivity index (χ4n) is 1.95. The Labute approximate surface area is 134 Å². The van der Waals surface area contributed by atoms with E-state index >= 15 is 0 Å². The van der Waals surface area contributed by atoms with Gasteiger partial charge in [0.25, 0.3) is 0 Å². The van der Waals surface area contributed by atoms with Crippen LogP contribution in [0.2, 0.25) is 0 Å². The molecule has 0 atom stereocenters. The Morgan fingerprint density at radius 3 is 2.26 bits per heavy atom. The minimum Gasteiger partial charge on any atom is -0.444 e. The van der Waals surface area contributed by atoms with Gasteiger partial charge in [0.05, 0.1) is 5.56 Å². The van der Waals surface area contributed by atoms with Crippen LogP contribution in [0.1, 0.15) is 26.3 Å². The van der Waals surface area contributed by atoms with E-state index in [2.05, 4.69) is 5.32 Å². The van der Waals surface area contributed by atoms with E-state index in [4.69, 9.17) is 10.00 Å². The van der Waals surface area contributed by atoms with E-state index in [-0.39, 0.29) is 5.56 Å². The Kier molecular flexibility index (Phi) is 4.65. The quantitative estimate of drug-likeness (QED) is 0.873. The Balaban J connectivity index is 2.12. The molecule has 0 saturated heterocycles. The third-order valence-electron chi connectivity index (χ3n) is 2.95. The molecular formula is C18H17FN2O2. The van der Waals surface area contributed by atoms with Crippen LogP contribution < -0.4 is 5.32 Å². The summed E-state index contributed by atoms with van der Waals surface area (Å²) in [6.07, 6.45) is -0.533. The van der Waals surface area contributed by atoms with Crippen molar-refractivity contribution >= 4 is 11.8 Å². The molecule has 0 radical (unpaired) electrons. The summed E-state index contributed by atoms with van der Waals surface area (Å²) < 4.78 is 18.8. The summed E-state index contributed by atoms with van der Waals surface area (Å²) in [6.45, 7) is 5.36. The molecule has 0 saturated carbocycles. The third-order valence-corrected chi connectivity index (χ3v) is 2.95.